The number of rotatable bonds is 5. The van der Waals surface area contributed by atoms with Gasteiger partial charge >= 0.3 is 0 Å². The third kappa shape index (κ3) is 3.92. The number of benzene rings is 1. The van der Waals surface area contributed by atoms with Gasteiger partial charge < -0.3 is 11.1 Å². The molecule has 1 amide bonds. The van der Waals surface area contributed by atoms with E-state index < -0.39 is 5.82 Å². The van der Waals surface area contributed by atoms with Gasteiger partial charge in [-0.3, -0.25) is 9.69 Å². The third-order valence-corrected chi connectivity index (χ3v) is 3.50. The molecular weight excluding hydrogens is 245 g/mol. The zero-order valence-electron chi connectivity index (χ0n) is 11.2. The van der Waals surface area contributed by atoms with Crippen LogP contribution in [0.4, 0.5) is 15.8 Å². The zero-order valence-corrected chi connectivity index (χ0v) is 11.2. The molecule has 19 heavy (non-hydrogen) atoms. The lowest BCUT2D eigenvalue weighted by molar-refractivity contribution is -0.117. The van der Waals surface area contributed by atoms with Crippen molar-refractivity contribution in [2.75, 3.05) is 31.2 Å². The number of nitrogens with one attached hydrogen (secondary N) is 1. The molecule has 0 aromatic heterocycles. The fourth-order valence-electron chi connectivity index (χ4n) is 2.25. The first kappa shape index (κ1) is 13.8. The molecule has 1 aliphatic rings. The van der Waals surface area contributed by atoms with Crippen molar-refractivity contribution in [2.24, 2.45) is 5.92 Å². The molecule has 0 aliphatic heterocycles. The molecule has 1 saturated carbocycles. The highest BCUT2D eigenvalue weighted by Crippen LogP contribution is 2.26. The van der Waals surface area contributed by atoms with Crippen LogP contribution in [0.5, 0.6) is 0 Å². The van der Waals surface area contributed by atoms with Crippen LogP contribution in [-0.4, -0.2) is 30.9 Å². The minimum Gasteiger partial charge on any atom is -0.397 e. The predicted octanol–water partition coefficient (Wildman–Crippen LogP) is 2.08. The smallest absolute Gasteiger partial charge is 0.238 e. The maximum Gasteiger partial charge on any atom is 0.238 e. The van der Waals surface area contributed by atoms with Crippen LogP contribution in [0.3, 0.4) is 0 Å². The van der Waals surface area contributed by atoms with E-state index in [0.717, 1.165) is 12.5 Å². The Morgan fingerprint density at radius 3 is 2.89 bits per heavy atom. The predicted molar refractivity (Wildman–Crippen MR) is 74.3 cm³/mol. The van der Waals surface area contributed by atoms with E-state index in [2.05, 4.69) is 5.32 Å². The van der Waals surface area contributed by atoms with E-state index in [9.17, 15) is 9.18 Å². The van der Waals surface area contributed by atoms with Gasteiger partial charge in [0, 0.05) is 6.54 Å². The highest BCUT2D eigenvalue weighted by molar-refractivity contribution is 5.95. The number of nitrogens with two attached hydrogens (primary N) is 1. The van der Waals surface area contributed by atoms with Gasteiger partial charge in [-0.15, -0.1) is 0 Å². The Kier molecular flexibility index (Phi) is 4.37. The van der Waals surface area contributed by atoms with Crippen LogP contribution in [0.2, 0.25) is 0 Å². The molecule has 1 aromatic rings. The van der Waals surface area contributed by atoms with Gasteiger partial charge in [0.2, 0.25) is 5.91 Å². The molecule has 1 aromatic carbocycles. The number of nitrogens with zero attached hydrogens (tertiary/aromatic N) is 1. The van der Waals surface area contributed by atoms with Crippen molar-refractivity contribution in [3.05, 3.63) is 24.0 Å². The number of amides is 1. The number of carbonyl (C=O) groups excluding carboxylic acids is 1. The summed E-state index contributed by atoms with van der Waals surface area (Å²) in [6.07, 6.45) is 3.80. The van der Waals surface area contributed by atoms with Gasteiger partial charge in [0.25, 0.3) is 0 Å². The number of hydrogen-bond acceptors (Lipinski definition) is 3. The van der Waals surface area contributed by atoms with Crippen molar-refractivity contribution in [3.8, 4) is 0 Å². The van der Waals surface area contributed by atoms with Gasteiger partial charge in [-0.2, -0.15) is 0 Å². The van der Waals surface area contributed by atoms with Crippen LogP contribution >= 0.6 is 0 Å². The lowest BCUT2D eigenvalue weighted by Crippen LogP contribution is -2.35. The van der Waals surface area contributed by atoms with Crippen LogP contribution in [0.1, 0.15) is 19.3 Å². The van der Waals surface area contributed by atoms with Gasteiger partial charge in [-0.25, -0.2) is 4.39 Å². The molecule has 3 N–H and O–H groups in total. The monoisotopic (exact) mass is 265 g/mol. The quantitative estimate of drug-likeness (QED) is 0.801. The van der Waals surface area contributed by atoms with Crippen molar-refractivity contribution in [1.29, 1.82) is 0 Å². The second-order valence-corrected chi connectivity index (χ2v) is 5.27. The highest BCUT2D eigenvalue weighted by Gasteiger charge is 2.20. The second kappa shape index (κ2) is 6.02. The molecule has 1 fully saturated rings. The fourth-order valence-corrected chi connectivity index (χ4v) is 2.25. The Bertz CT molecular complexity index is 460. The summed E-state index contributed by atoms with van der Waals surface area (Å²) in [6.45, 7) is 1.23. The van der Waals surface area contributed by atoms with Crippen molar-refractivity contribution in [2.45, 2.75) is 19.3 Å². The average molecular weight is 265 g/mol. The van der Waals surface area contributed by atoms with Crippen LogP contribution in [-0.2, 0) is 4.79 Å². The fraction of sp³-hybridized carbons (Fsp3) is 0.500. The normalized spacial score (nSPS) is 15.3. The number of anilines is 2. The zero-order chi connectivity index (χ0) is 13.8. The molecule has 2 rings (SSSR count). The van der Waals surface area contributed by atoms with Gasteiger partial charge in [0.15, 0.2) is 0 Å². The Balaban J connectivity index is 1.84. The summed E-state index contributed by atoms with van der Waals surface area (Å²) in [6, 6.07) is 3.95. The molecule has 0 saturated heterocycles. The molecule has 0 spiro atoms. The van der Waals surface area contributed by atoms with E-state index in [1.54, 1.807) is 0 Å². The Hall–Kier alpha value is -1.62. The average Bonchev–Trinajstić information content (AvgIpc) is 2.28. The summed E-state index contributed by atoms with van der Waals surface area (Å²) in [5.74, 6) is 0.142. The summed E-state index contributed by atoms with van der Waals surface area (Å²) in [7, 11) is 1.92. The largest absolute Gasteiger partial charge is 0.397 e. The second-order valence-electron chi connectivity index (χ2n) is 5.27. The standard InChI is InChI=1S/C14H20FN3O/c1-18(8-10-3-2-4-10)9-14(19)17-13-7-11(15)5-6-12(13)16/h5-7,10H,2-4,8-9,16H2,1H3,(H,17,19). The van der Waals surface area contributed by atoms with Crippen LogP contribution < -0.4 is 11.1 Å². The summed E-state index contributed by atoms with van der Waals surface area (Å²) in [5.41, 5.74) is 6.39. The van der Waals surface area contributed by atoms with Gasteiger partial charge in [0.05, 0.1) is 17.9 Å². The molecule has 4 nitrogen and oxygen atoms in total. The summed E-state index contributed by atoms with van der Waals surface area (Å²) in [4.78, 5) is 13.8. The van der Waals surface area contributed by atoms with E-state index >= 15 is 0 Å². The van der Waals surface area contributed by atoms with Crippen molar-refractivity contribution in [1.82, 2.24) is 4.90 Å². The third-order valence-electron chi connectivity index (χ3n) is 3.50. The van der Waals surface area contributed by atoms with Crippen molar-refractivity contribution >= 4 is 17.3 Å². The number of carbonyl (C=O) groups is 1. The first-order valence-corrected chi connectivity index (χ1v) is 6.58. The first-order valence-electron chi connectivity index (χ1n) is 6.58. The lowest BCUT2D eigenvalue weighted by Gasteiger charge is -2.29. The van der Waals surface area contributed by atoms with Gasteiger partial charge in [-0.05, 0) is 44.0 Å². The number of hydrogen-bond donors (Lipinski definition) is 2. The minimum absolute atomic E-state index is 0.167. The van der Waals surface area contributed by atoms with Crippen molar-refractivity contribution in [3.63, 3.8) is 0 Å². The summed E-state index contributed by atoms with van der Waals surface area (Å²) in [5, 5.41) is 2.65. The highest BCUT2D eigenvalue weighted by atomic mass is 19.1. The van der Waals surface area contributed by atoms with Crippen LogP contribution in [0, 0.1) is 11.7 Å². The Morgan fingerprint density at radius 1 is 1.53 bits per heavy atom. The molecular formula is C14H20FN3O. The molecule has 0 bridgehead atoms. The molecule has 0 heterocycles. The maximum atomic E-state index is 13.1. The Morgan fingerprint density at radius 2 is 2.26 bits per heavy atom. The van der Waals surface area contributed by atoms with E-state index in [1.165, 1.54) is 37.5 Å². The van der Waals surface area contributed by atoms with Crippen LogP contribution in [0.15, 0.2) is 18.2 Å². The summed E-state index contributed by atoms with van der Waals surface area (Å²) < 4.78 is 13.1. The summed E-state index contributed by atoms with van der Waals surface area (Å²) >= 11 is 0. The van der Waals surface area contributed by atoms with E-state index in [-0.39, 0.29) is 5.91 Å². The number of likely N-dealkylation sites (N-methyl/N-ethyl adjacent to an activating group) is 1. The van der Waals surface area contributed by atoms with Gasteiger partial charge in [-0.1, -0.05) is 6.42 Å². The molecule has 104 valence electrons. The van der Waals surface area contributed by atoms with Gasteiger partial charge in [0.1, 0.15) is 5.82 Å². The minimum atomic E-state index is -0.410. The number of halogens is 1. The first-order chi connectivity index (χ1) is 9.04. The molecule has 1 aliphatic carbocycles. The maximum absolute atomic E-state index is 13.1. The van der Waals surface area contributed by atoms with E-state index in [0.29, 0.717) is 17.9 Å². The van der Waals surface area contributed by atoms with Crippen molar-refractivity contribution < 1.29 is 9.18 Å². The van der Waals surface area contributed by atoms with Crippen LogP contribution in [0.25, 0.3) is 0 Å². The topological polar surface area (TPSA) is 58.4 Å². The lowest BCUT2D eigenvalue weighted by atomic mass is 9.85. The molecule has 5 heteroatoms. The van der Waals surface area contributed by atoms with E-state index in [4.69, 9.17) is 5.73 Å². The molecule has 0 atom stereocenters. The SMILES string of the molecule is CN(CC(=O)Nc1cc(F)ccc1N)CC1CCC1. The number of nitrogen functional groups attached to an aromatic ring is 1. The van der Waals surface area contributed by atoms with E-state index in [1.807, 2.05) is 11.9 Å². The molecule has 0 radical (unpaired) electrons. The molecule has 0 unspecified atom stereocenters. The Labute approximate surface area is 112 Å².